The van der Waals surface area contributed by atoms with E-state index in [4.69, 9.17) is 0 Å². The van der Waals surface area contributed by atoms with Gasteiger partial charge in [-0.1, -0.05) is 33.1 Å². The first-order valence-electron chi connectivity index (χ1n) is 3.11. The molecule has 2 heteroatoms. The number of hydrogen-bond acceptors (Lipinski definition) is 1. The minimum Gasteiger partial charge on any atom is -0.355 e. The number of benzene rings is 1. The topological polar surface area (TPSA) is 29.1 Å². The van der Waals surface area contributed by atoms with Crippen molar-refractivity contribution in [3.05, 3.63) is 35.9 Å². The van der Waals surface area contributed by atoms with Crippen molar-refractivity contribution in [3.8, 4) is 0 Å². The molecule has 1 aromatic carbocycles. The lowest BCUT2D eigenvalue weighted by atomic mass is 10.2. The molecule has 1 amide bonds. The van der Waals surface area contributed by atoms with Crippen LogP contribution in [0.25, 0.3) is 0 Å². The highest BCUT2D eigenvalue weighted by Crippen LogP contribution is 1.96. The molecule has 1 aromatic rings. The molecule has 1 rings (SSSR count). The standard InChI is InChI=1S/C8H9NO.2CH4/c1-9-8(10)7-5-3-2-4-6-7;;/h2-6H,1H3,(H,9,10);2*1H4. The Morgan fingerprint density at radius 3 is 2.08 bits per heavy atom. The Bertz CT molecular complexity index is 219. The molecule has 0 aliphatic carbocycles. The minimum absolute atomic E-state index is 0. The molecule has 0 saturated heterocycles. The summed E-state index contributed by atoms with van der Waals surface area (Å²) in [5, 5.41) is 2.54. The first kappa shape index (κ1) is 13.3. The van der Waals surface area contributed by atoms with Crippen molar-refractivity contribution >= 4 is 5.91 Å². The summed E-state index contributed by atoms with van der Waals surface area (Å²) in [5.41, 5.74) is 0.699. The van der Waals surface area contributed by atoms with Crippen LogP contribution in [-0.2, 0) is 0 Å². The maximum absolute atomic E-state index is 10.9. The highest BCUT2D eigenvalue weighted by molar-refractivity contribution is 5.93. The van der Waals surface area contributed by atoms with Gasteiger partial charge in [0.25, 0.3) is 5.91 Å². The second-order valence-corrected chi connectivity index (χ2v) is 1.95. The fourth-order valence-electron chi connectivity index (χ4n) is 0.734. The lowest BCUT2D eigenvalue weighted by Crippen LogP contribution is -2.17. The van der Waals surface area contributed by atoms with Crippen LogP contribution in [0.5, 0.6) is 0 Å². The van der Waals surface area contributed by atoms with Gasteiger partial charge in [0, 0.05) is 12.6 Å². The molecular weight excluding hydrogens is 150 g/mol. The van der Waals surface area contributed by atoms with Gasteiger partial charge < -0.3 is 5.32 Å². The van der Waals surface area contributed by atoms with Crippen LogP contribution in [0.1, 0.15) is 25.2 Å². The lowest BCUT2D eigenvalue weighted by Gasteiger charge is -1.96. The summed E-state index contributed by atoms with van der Waals surface area (Å²) in [5.74, 6) is -0.0411. The first-order valence-corrected chi connectivity index (χ1v) is 3.11. The van der Waals surface area contributed by atoms with E-state index in [2.05, 4.69) is 5.32 Å². The average molecular weight is 167 g/mol. The van der Waals surface area contributed by atoms with Gasteiger partial charge in [0.05, 0.1) is 0 Å². The largest absolute Gasteiger partial charge is 0.355 e. The SMILES string of the molecule is C.C.CNC(=O)c1ccccc1. The highest BCUT2D eigenvalue weighted by atomic mass is 16.1. The van der Waals surface area contributed by atoms with Gasteiger partial charge in [0.15, 0.2) is 0 Å². The number of amides is 1. The molecule has 12 heavy (non-hydrogen) atoms. The molecule has 1 N–H and O–H groups in total. The molecule has 0 radical (unpaired) electrons. The molecule has 0 aromatic heterocycles. The Hall–Kier alpha value is -1.31. The maximum Gasteiger partial charge on any atom is 0.251 e. The zero-order chi connectivity index (χ0) is 7.40. The van der Waals surface area contributed by atoms with Crippen LogP contribution in [0.15, 0.2) is 30.3 Å². The zero-order valence-corrected chi connectivity index (χ0v) is 5.79. The van der Waals surface area contributed by atoms with Crippen molar-refractivity contribution in [1.29, 1.82) is 0 Å². The van der Waals surface area contributed by atoms with Crippen molar-refractivity contribution in [2.75, 3.05) is 7.05 Å². The van der Waals surface area contributed by atoms with Crippen LogP contribution in [0.2, 0.25) is 0 Å². The molecule has 0 spiro atoms. The Morgan fingerprint density at radius 1 is 1.17 bits per heavy atom. The van der Waals surface area contributed by atoms with E-state index in [0.29, 0.717) is 5.56 Å². The number of carbonyl (C=O) groups excluding carboxylic acids is 1. The van der Waals surface area contributed by atoms with E-state index in [0.717, 1.165) is 0 Å². The molecule has 0 heterocycles. The van der Waals surface area contributed by atoms with Gasteiger partial charge in [0.2, 0.25) is 0 Å². The van der Waals surface area contributed by atoms with Crippen LogP contribution < -0.4 is 5.32 Å². The summed E-state index contributed by atoms with van der Waals surface area (Å²) < 4.78 is 0. The Labute approximate surface area is 74.6 Å². The second-order valence-electron chi connectivity index (χ2n) is 1.95. The number of rotatable bonds is 1. The highest BCUT2D eigenvalue weighted by Gasteiger charge is 1.97. The smallest absolute Gasteiger partial charge is 0.251 e. The van der Waals surface area contributed by atoms with Gasteiger partial charge in [-0.05, 0) is 12.1 Å². The van der Waals surface area contributed by atoms with Crippen molar-refractivity contribution in [2.24, 2.45) is 0 Å². The molecule has 0 atom stereocenters. The van der Waals surface area contributed by atoms with E-state index in [-0.39, 0.29) is 20.8 Å². The van der Waals surface area contributed by atoms with Gasteiger partial charge in [-0.2, -0.15) is 0 Å². The quantitative estimate of drug-likeness (QED) is 0.683. The number of hydrogen-bond donors (Lipinski definition) is 1. The fraction of sp³-hybridized carbons (Fsp3) is 0.300. The summed E-state index contributed by atoms with van der Waals surface area (Å²) >= 11 is 0. The number of carbonyl (C=O) groups is 1. The Morgan fingerprint density at radius 2 is 1.67 bits per heavy atom. The third-order valence-corrected chi connectivity index (χ3v) is 1.26. The van der Waals surface area contributed by atoms with Crippen molar-refractivity contribution < 1.29 is 4.79 Å². The van der Waals surface area contributed by atoms with Crippen molar-refractivity contribution in [2.45, 2.75) is 14.9 Å². The first-order chi connectivity index (χ1) is 4.84. The van der Waals surface area contributed by atoms with E-state index < -0.39 is 0 Å². The molecule has 68 valence electrons. The normalized spacial score (nSPS) is 7.42. The van der Waals surface area contributed by atoms with E-state index in [1.54, 1.807) is 19.2 Å². The van der Waals surface area contributed by atoms with Crippen LogP contribution in [0, 0.1) is 0 Å². The van der Waals surface area contributed by atoms with Crippen molar-refractivity contribution in [3.63, 3.8) is 0 Å². The maximum atomic E-state index is 10.9. The van der Waals surface area contributed by atoms with Crippen LogP contribution in [0.3, 0.4) is 0 Å². The molecule has 0 unspecified atom stereocenters. The summed E-state index contributed by atoms with van der Waals surface area (Å²) in [6.45, 7) is 0. The predicted molar refractivity (Wildman–Crippen MR) is 53.3 cm³/mol. The molecule has 0 bridgehead atoms. The third kappa shape index (κ3) is 3.19. The summed E-state index contributed by atoms with van der Waals surface area (Å²) in [6, 6.07) is 9.11. The molecule has 0 aliphatic heterocycles. The summed E-state index contributed by atoms with van der Waals surface area (Å²) in [6.07, 6.45) is 0. The van der Waals surface area contributed by atoms with Gasteiger partial charge in [-0.15, -0.1) is 0 Å². The van der Waals surface area contributed by atoms with Crippen molar-refractivity contribution in [1.82, 2.24) is 5.32 Å². The molecule has 0 saturated carbocycles. The number of nitrogens with one attached hydrogen (secondary N) is 1. The molecule has 0 aliphatic rings. The zero-order valence-electron chi connectivity index (χ0n) is 5.79. The van der Waals surface area contributed by atoms with Gasteiger partial charge >= 0.3 is 0 Å². The fourth-order valence-corrected chi connectivity index (χ4v) is 0.734. The van der Waals surface area contributed by atoms with Gasteiger partial charge in [0.1, 0.15) is 0 Å². The summed E-state index contributed by atoms with van der Waals surface area (Å²) in [7, 11) is 1.62. The Balaban J connectivity index is 0. The lowest BCUT2D eigenvalue weighted by molar-refractivity contribution is 0.0963. The monoisotopic (exact) mass is 167 g/mol. The van der Waals surface area contributed by atoms with E-state index in [9.17, 15) is 4.79 Å². The summed E-state index contributed by atoms with van der Waals surface area (Å²) in [4.78, 5) is 10.9. The molecule has 0 fully saturated rings. The third-order valence-electron chi connectivity index (χ3n) is 1.26. The van der Waals surface area contributed by atoms with Crippen LogP contribution in [0.4, 0.5) is 0 Å². The van der Waals surface area contributed by atoms with E-state index in [1.165, 1.54) is 0 Å². The molecular formula is C10H17NO. The van der Waals surface area contributed by atoms with Gasteiger partial charge in [-0.3, -0.25) is 4.79 Å². The minimum atomic E-state index is -0.0411. The van der Waals surface area contributed by atoms with E-state index >= 15 is 0 Å². The van der Waals surface area contributed by atoms with Crippen LogP contribution in [-0.4, -0.2) is 13.0 Å². The second kappa shape index (κ2) is 6.40. The van der Waals surface area contributed by atoms with E-state index in [1.807, 2.05) is 18.2 Å². The average Bonchev–Trinajstić information content (AvgIpc) is 2.05. The molecule has 2 nitrogen and oxygen atoms in total. The van der Waals surface area contributed by atoms with Gasteiger partial charge in [-0.25, -0.2) is 0 Å². The predicted octanol–water partition coefficient (Wildman–Crippen LogP) is 2.32. The van der Waals surface area contributed by atoms with Crippen LogP contribution >= 0.6 is 0 Å². The Kier molecular flexibility index (Phi) is 7.09.